The number of ether oxygens (including phenoxy) is 2. The molecular formula is C7H13O2Zn-. The van der Waals surface area contributed by atoms with E-state index in [4.69, 9.17) is 9.47 Å². The maximum Gasteiger partial charge on any atom is 0.162 e. The molecule has 0 saturated carbocycles. The van der Waals surface area contributed by atoms with Gasteiger partial charge in [0.05, 0.1) is 0 Å². The molecule has 0 spiro atoms. The van der Waals surface area contributed by atoms with Crippen LogP contribution in [0.4, 0.5) is 0 Å². The maximum absolute atomic E-state index is 5.29. The van der Waals surface area contributed by atoms with Crippen LogP contribution in [0.1, 0.15) is 13.8 Å². The van der Waals surface area contributed by atoms with Crippen molar-refractivity contribution >= 4 is 0 Å². The second-order valence-corrected chi connectivity index (χ2v) is 2.89. The SMILES string of the molecule is [CH2-]C1COC(C)(C)OC1.[Zn]. The molecule has 0 aliphatic carbocycles. The predicted molar refractivity (Wildman–Crippen MR) is 34.8 cm³/mol. The summed E-state index contributed by atoms with van der Waals surface area (Å²) in [7, 11) is 0. The smallest absolute Gasteiger partial charge is 0.162 e. The van der Waals surface area contributed by atoms with E-state index in [2.05, 4.69) is 6.92 Å². The third-order valence-electron chi connectivity index (χ3n) is 1.33. The molecule has 0 aromatic heterocycles. The molecule has 1 aliphatic rings. The summed E-state index contributed by atoms with van der Waals surface area (Å²) in [6, 6.07) is 0. The van der Waals surface area contributed by atoms with Crippen LogP contribution in [0, 0.1) is 12.8 Å². The summed E-state index contributed by atoms with van der Waals surface area (Å²) >= 11 is 0. The Hall–Kier alpha value is 0.543. The molecule has 2 nitrogen and oxygen atoms in total. The quantitative estimate of drug-likeness (QED) is 0.426. The van der Waals surface area contributed by atoms with Gasteiger partial charge in [0.2, 0.25) is 0 Å². The third kappa shape index (κ3) is 3.09. The largest absolute Gasteiger partial charge is 0.353 e. The Morgan fingerprint density at radius 3 is 2.00 bits per heavy atom. The molecule has 0 N–H and O–H groups in total. The minimum atomic E-state index is -0.381. The third-order valence-corrected chi connectivity index (χ3v) is 1.33. The fourth-order valence-corrected chi connectivity index (χ4v) is 0.727. The number of rotatable bonds is 0. The van der Waals surface area contributed by atoms with E-state index in [1.165, 1.54) is 0 Å². The summed E-state index contributed by atoms with van der Waals surface area (Å²) < 4.78 is 10.6. The maximum atomic E-state index is 5.29. The molecule has 0 aromatic carbocycles. The van der Waals surface area contributed by atoms with Gasteiger partial charge in [-0.25, -0.2) is 0 Å². The van der Waals surface area contributed by atoms with Gasteiger partial charge in [0.1, 0.15) is 0 Å². The van der Waals surface area contributed by atoms with Gasteiger partial charge in [0.15, 0.2) is 5.79 Å². The van der Waals surface area contributed by atoms with E-state index in [-0.39, 0.29) is 25.3 Å². The normalized spacial score (nSPS) is 25.5. The Balaban J connectivity index is 0.000000810. The molecule has 0 atom stereocenters. The Morgan fingerprint density at radius 2 is 1.70 bits per heavy atom. The molecule has 56 valence electrons. The van der Waals surface area contributed by atoms with Gasteiger partial charge >= 0.3 is 0 Å². The molecule has 10 heavy (non-hydrogen) atoms. The monoisotopic (exact) mass is 193 g/mol. The second kappa shape index (κ2) is 3.80. The van der Waals surface area contributed by atoms with Crippen LogP contribution < -0.4 is 0 Å². The van der Waals surface area contributed by atoms with Crippen molar-refractivity contribution in [3.63, 3.8) is 0 Å². The van der Waals surface area contributed by atoms with E-state index in [0.717, 1.165) is 0 Å². The molecule has 3 heteroatoms. The van der Waals surface area contributed by atoms with Crippen LogP contribution in [0.25, 0.3) is 0 Å². The summed E-state index contributed by atoms with van der Waals surface area (Å²) in [6.45, 7) is 9.07. The van der Waals surface area contributed by atoms with E-state index in [9.17, 15) is 0 Å². The van der Waals surface area contributed by atoms with Gasteiger partial charge in [-0.2, -0.15) is 0 Å². The molecule has 0 bridgehead atoms. The zero-order valence-electron chi connectivity index (χ0n) is 6.72. The van der Waals surface area contributed by atoms with Crippen molar-refractivity contribution in [3.05, 3.63) is 6.92 Å². The summed E-state index contributed by atoms with van der Waals surface area (Å²) in [5.74, 6) is -0.0770. The Bertz CT molecular complexity index is 93.8. The van der Waals surface area contributed by atoms with Crippen LogP contribution in [-0.4, -0.2) is 19.0 Å². The van der Waals surface area contributed by atoms with Crippen molar-refractivity contribution in [3.8, 4) is 0 Å². The Kier molecular flexibility index (Phi) is 4.00. The van der Waals surface area contributed by atoms with E-state index < -0.39 is 0 Å². The van der Waals surface area contributed by atoms with Gasteiger partial charge in [0, 0.05) is 32.7 Å². The van der Waals surface area contributed by atoms with Crippen LogP contribution in [0.15, 0.2) is 0 Å². The van der Waals surface area contributed by atoms with E-state index in [1.54, 1.807) is 0 Å². The summed E-state index contributed by atoms with van der Waals surface area (Å²) in [5, 5.41) is 0. The van der Waals surface area contributed by atoms with Crippen molar-refractivity contribution in [2.75, 3.05) is 13.2 Å². The van der Waals surface area contributed by atoms with E-state index in [1.807, 2.05) is 13.8 Å². The summed E-state index contributed by atoms with van der Waals surface area (Å²) in [4.78, 5) is 0. The molecule has 0 amide bonds. The first-order valence-corrected chi connectivity index (χ1v) is 3.21. The van der Waals surface area contributed by atoms with Gasteiger partial charge in [-0.1, -0.05) is 0 Å². The van der Waals surface area contributed by atoms with Crippen LogP contribution in [0.5, 0.6) is 0 Å². The van der Waals surface area contributed by atoms with E-state index in [0.29, 0.717) is 19.1 Å². The molecular weight excluding hydrogens is 181 g/mol. The molecule has 1 aliphatic heterocycles. The van der Waals surface area contributed by atoms with E-state index >= 15 is 0 Å². The first kappa shape index (κ1) is 10.5. The zero-order chi connectivity index (χ0) is 6.91. The van der Waals surface area contributed by atoms with Crippen molar-refractivity contribution < 1.29 is 29.0 Å². The van der Waals surface area contributed by atoms with Gasteiger partial charge in [-0.3, -0.25) is 0 Å². The minimum absolute atomic E-state index is 0. The topological polar surface area (TPSA) is 18.5 Å². The predicted octanol–water partition coefficient (Wildman–Crippen LogP) is 1.22. The van der Waals surface area contributed by atoms with Crippen molar-refractivity contribution in [1.29, 1.82) is 0 Å². The zero-order valence-corrected chi connectivity index (χ0v) is 9.69. The van der Waals surface area contributed by atoms with Crippen LogP contribution in [0.3, 0.4) is 0 Å². The molecule has 0 radical (unpaired) electrons. The Morgan fingerprint density at radius 1 is 1.30 bits per heavy atom. The fraction of sp³-hybridized carbons (Fsp3) is 0.857. The van der Waals surface area contributed by atoms with Crippen LogP contribution >= 0.6 is 0 Å². The first-order chi connectivity index (χ1) is 4.10. The molecule has 1 fully saturated rings. The minimum Gasteiger partial charge on any atom is -0.353 e. The fourth-order valence-electron chi connectivity index (χ4n) is 0.727. The first-order valence-electron chi connectivity index (χ1n) is 3.21. The molecule has 1 saturated heterocycles. The van der Waals surface area contributed by atoms with Crippen molar-refractivity contribution in [2.45, 2.75) is 19.6 Å². The van der Waals surface area contributed by atoms with Crippen LogP contribution in [0.2, 0.25) is 0 Å². The van der Waals surface area contributed by atoms with Gasteiger partial charge in [-0.05, 0) is 13.8 Å². The van der Waals surface area contributed by atoms with Crippen molar-refractivity contribution in [1.82, 2.24) is 0 Å². The van der Waals surface area contributed by atoms with Gasteiger partial charge in [0.25, 0.3) is 0 Å². The second-order valence-electron chi connectivity index (χ2n) is 2.89. The molecule has 0 unspecified atom stereocenters. The molecule has 0 aromatic rings. The summed E-state index contributed by atoms with van der Waals surface area (Å²) in [5.41, 5.74) is 0. The molecule has 1 rings (SSSR count). The Labute approximate surface area is 75.0 Å². The summed E-state index contributed by atoms with van der Waals surface area (Å²) in [6.07, 6.45) is 0. The average molecular weight is 195 g/mol. The van der Waals surface area contributed by atoms with Crippen LogP contribution in [-0.2, 0) is 29.0 Å². The number of hydrogen-bond acceptors (Lipinski definition) is 2. The molecule has 1 heterocycles. The van der Waals surface area contributed by atoms with Gasteiger partial charge in [-0.15, -0.1) is 5.92 Å². The number of hydrogen-bond donors (Lipinski definition) is 0. The van der Waals surface area contributed by atoms with Gasteiger partial charge < -0.3 is 16.4 Å². The average Bonchev–Trinajstić information content (AvgIpc) is 1.78. The standard InChI is InChI=1S/C7H13O2.Zn/c1-6-4-8-7(2,3)9-5-6;/h6H,1,4-5H2,2-3H3;/q-1;. The van der Waals surface area contributed by atoms with Crippen molar-refractivity contribution in [2.24, 2.45) is 5.92 Å².